The number of rotatable bonds is 3. The van der Waals surface area contributed by atoms with Crippen LogP contribution in [0.15, 0.2) is 6.33 Å². The molecule has 0 aliphatic carbocycles. The van der Waals surface area contributed by atoms with Crippen LogP contribution < -0.4 is 10.6 Å². The second-order valence-corrected chi connectivity index (χ2v) is 5.34. The highest BCUT2D eigenvalue weighted by Gasteiger charge is 2.32. The third-order valence-corrected chi connectivity index (χ3v) is 4.14. The molecule has 0 spiro atoms. The maximum Gasteiger partial charge on any atom is 0.353 e. The fraction of sp³-hybridized carbons (Fsp3) is 0.667. The van der Waals surface area contributed by atoms with Gasteiger partial charge in [-0.3, -0.25) is 10.1 Å². The number of piperidine rings is 1. The molecule has 0 aromatic carbocycles. The van der Waals surface area contributed by atoms with Crippen LogP contribution >= 0.6 is 0 Å². The Morgan fingerprint density at radius 1 is 1.47 bits per heavy atom. The Balaban J connectivity index is 2.25. The molecule has 0 radical (unpaired) electrons. The minimum atomic E-state index is -0.502. The van der Waals surface area contributed by atoms with Gasteiger partial charge >= 0.3 is 5.69 Å². The second kappa shape index (κ2) is 4.99. The van der Waals surface area contributed by atoms with Crippen LogP contribution in [0.5, 0.6) is 0 Å². The molecule has 0 saturated carbocycles. The Morgan fingerprint density at radius 2 is 2.11 bits per heavy atom. The Labute approximate surface area is 112 Å². The Bertz CT molecular complexity index is 483. The van der Waals surface area contributed by atoms with Crippen LogP contribution in [0.25, 0.3) is 0 Å². The van der Waals surface area contributed by atoms with Crippen molar-refractivity contribution < 1.29 is 4.92 Å². The van der Waals surface area contributed by atoms with E-state index in [1.54, 1.807) is 0 Å². The zero-order chi connectivity index (χ0) is 14.0. The third-order valence-electron chi connectivity index (χ3n) is 4.14. The van der Waals surface area contributed by atoms with Crippen LogP contribution in [-0.4, -0.2) is 28.0 Å². The number of nitrogens with two attached hydrogens (primary N) is 1. The lowest BCUT2D eigenvalue weighted by molar-refractivity contribution is -0.383. The Kier molecular flexibility index (Phi) is 3.55. The normalized spacial score (nSPS) is 18.3. The monoisotopic (exact) mass is 265 g/mol. The van der Waals surface area contributed by atoms with Crippen molar-refractivity contribution in [2.24, 2.45) is 5.41 Å². The zero-order valence-electron chi connectivity index (χ0n) is 11.3. The fourth-order valence-electron chi connectivity index (χ4n) is 2.40. The van der Waals surface area contributed by atoms with E-state index >= 15 is 0 Å². The Hall–Kier alpha value is -1.92. The molecule has 2 heterocycles. The van der Waals surface area contributed by atoms with Gasteiger partial charge in [-0.15, -0.1) is 0 Å². The lowest BCUT2D eigenvalue weighted by atomic mass is 9.78. The topological polar surface area (TPSA) is 98.2 Å². The molecule has 1 saturated heterocycles. The van der Waals surface area contributed by atoms with Gasteiger partial charge in [-0.25, -0.2) is 9.97 Å². The Morgan fingerprint density at radius 3 is 2.63 bits per heavy atom. The summed E-state index contributed by atoms with van der Waals surface area (Å²) in [5, 5.41) is 11.1. The first-order chi connectivity index (χ1) is 8.97. The molecule has 0 amide bonds. The van der Waals surface area contributed by atoms with Crippen molar-refractivity contribution in [1.82, 2.24) is 9.97 Å². The minimum Gasteiger partial charge on any atom is -0.378 e. The van der Waals surface area contributed by atoms with Crippen LogP contribution in [0.4, 0.5) is 17.3 Å². The molecule has 2 rings (SSSR count). The molecular weight excluding hydrogens is 246 g/mol. The van der Waals surface area contributed by atoms with E-state index in [0.29, 0.717) is 11.2 Å². The van der Waals surface area contributed by atoms with Gasteiger partial charge in [0.25, 0.3) is 0 Å². The van der Waals surface area contributed by atoms with Gasteiger partial charge in [-0.2, -0.15) is 0 Å². The van der Waals surface area contributed by atoms with Crippen LogP contribution in [-0.2, 0) is 0 Å². The summed E-state index contributed by atoms with van der Waals surface area (Å²) in [6.45, 7) is 5.97. The SMILES string of the molecule is CCC1(C)CCN(c2ncnc(N)c2[N+](=O)[O-])CC1. The second-order valence-electron chi connectivity index (χ2n) is 5.34. The van der Waals surface area contributed by atoms with Gasteiger partial charge in [0.2, 0.25) is 11.6 Å². The van der Waals surface area contributed by atoms with Crippen LogP contribution in [0, 0.1) is 15.5 Å². The van der Waals surface area contributed by atoms with E-state index in [9.17, 15) is 10.1 Å². The van der Waals surface area contributed by atoms with E-state index in [1.165, 1.54) is 6.33 Å². The molecule has 1 aliphatic rings. The van der Waals surface area contributed by atoms with Crippen molar-refractivity contribution in [2.45, 2.75) is 33.1 Å². The predicted octanol–water partition coefficient (Wildman–Crippen LogP) is 1.98. The highest BCUT2D eigenvalue weighted by molar-refractivity contribution is 5.68. The summed E-state index contributed by atoms with van der Waals surface area (Å²) in [6.07, 6.45) is 4.41. The summed E-state index contributed by atoms with van der Waals surface area (Å²) < 4.78 is 0. The molecule has 1 aromatic heterocycles. The van der Waals surface area contributed by atoms with E-state index in [1.807, 2.05) is 4.90 Å². The van der Waals surface area contributed by atoms with Crippen LogP contribution in [0.2, 0.25) is 0 Å². The molecule has 1 aromatic rings. The molecule has 2 N–H and O–H groups in total. The van der Waals surface area contributed by atoms with Gasteiger partial charge in [0, 0.05) is 13.1 Å². The van der Waals surface area contributed by atoms with Crippen LogP contribution in [0.3, 0.4) is 0 Å². The average Bonchev–Trinajstić information content (AvgIpc) is 2.39. The van der Waals surface area contributed by atoms with Gasteiger partial charge in [0.05, 0.1) is 4.92 Å². The molecule has 1 aliphatic heterocycles. The van der Waals surface area contributed by atoms with Gasteiger partial charge in [-0.1, -0.05) is 20.3 Å². The molecule has 1 fully saturated rings. The van der Waals surface area contributed by atoms with Crippen LogP contribution in [0.1, 0.15) is 33.1 Å². The number of anilines is 2. The summed E-state index contributed by atoms with van der Waals surface area (Å²) in [4.78, 5) is 20.3. The van der Waals surface area contributed by atoms with Gasteiger partial charge in [-0.05, 0) is 18.3 Å². The van der Waals surface area contributed by atoms with E-state index in [2.05, 4.69) is 23.8 Å². The number of aromatic nitrogens is 2. The molecule has 104 valence electrons. The fourth-order valence-corrected chi connectivity index (χ4v) is 2.40. The van der Waals surface area contributed by atoms with Crippen molar-refractivity contribution in [3.8, 4) is 0 Å². The first kappa shape index (κ1) is 13.5. The maximum atomic E-state index is 11.1. The average molecular weight is 265 g/mol. The number of nitrogens with zero attached hydrogens (tertiary/aromatic N) is 4. The quantitative estimate of drug-likeness (QED) is 0.662. The number of nitrogen functional groups attached to an aromatic ring is 1. The molecular formula is C12H19N5O2. The van der Waals surface area contributed by atoms with Gasteiger partial charge in [0.15, 0.2) is 0 Å². The van der Waals surface area contributed by atoms with Crippen molar-refractivity contribution in [1.29, 1.82) is 0 Å². The zero-order valence-corrected chi connectivity index (χ0v) is 11.3. The first-order valence-electron chi connectivity index (χ1n) is 6.46. The third kappa shape index (κ3) is 2.59. The summed E-state index contributed by atoms with van der Waals surface area (Å²) in [6, 6.07) is 0. The lowest BCUT2D eigenvalue weighted by Crippen LogP contribution is -2.39. The van der Waals surface area contributed by atoms with Crippen molar-refractivity contribution in [2.75, 3.05) is 23.7 Å². The van der Waals surface area contributed by atoms with Crippen molar-refractivity contribution in [3.63, 3.8) is 0 Å². The van der Waals surface area contributed by atoms with E-state index in [0.717, 1.165) is 32.4 Å². The van der Waals surface area contributed by atoms with E-state index in [4.69, 9.17) is 5.73 Å². The highest BCUT2D eigenvalue weighted by Crippen LogP contribution is 2.38. The van der Waals surface area contributed by atoms with Crippen molar-refractivity contribution in [3.05, 3.63) is 16.4 Å². The predicted molar refractivity (Wildman–Crippen MR) is 72.9 cm³/mol. The maximum absolute atomic E-state index is 11.1. The highest BCUT2D eigenvalue weighted by atomic mass is 16.6. The summed E-state index contributed by atoms with van der Waals surface area (Å²) in [5.41, 5.74) is 5.73. The summed E-state index contributed by atoms with van der Waals surface area (Å²) in [7, 11) is 0. The number of nitro groups is 1. The van der Waals surface area contributed by atoms with Gasteiger partial charge in [0.1, 0.15) is 6.33 Å². The van der Waals surface area contributed by atoms with Gasteiger partial charge < -0.3 is 10.6 Å². The number of hydrogen-bond donors (Lipinski definition) is 1. The molecule has 0 bridgehead atoms. The molecule has 7 heteroatoms. The first-order valence-corrected chi connectivity index (χ1v) is 6.46. The molecule has 7 nitrogen and oxygen atoms in total. The molecule has 19 heavy (non-hydrogen) atoms. The molecule has 0 atom stereocenters. The lowest BCUT2D eigenvalue weighted by Gasteiger charge is -2.39. The number of hydrogen-bond acceptors (Lipinski definition) is 6. The smallest absolute Gasteiger partial charge is 0.353 e. The van der Waals surface area contributed by atoms with E-state index < -0.39 is 4.92 Å². The minimum absolute atomic E-state index is 0.0705. The van der Waals surface area contributed by atoms with E-state index in [-0.39, 0.29) is 11.5 Å². The largest absolute Gasteiger partial charge is 0.378 e. The summed E-state index contributed by atoms with van der Waals surface area (Å²) >= 11 is 0. The summed E-state index contributed by atoms with van der Waals surface area (Å²) in [5.74, 6) is 0.273. The standard InChI is InChI=1S/C12H19N5O2/c1-3-12(2)4-6-16(7-5-12)11-9(17(18)19)10(13)14-8-15-11/h8H,3-7H2,1-2H3,(H2,13,14,15). The molecule has 0 unspecified atom stereocenters. The van der Waals surface area contributed by atoms with Crippen molar-refractivity contribution >= 4 is 17.3 Å².